The third kappa shape index (κ3) is 3.56. The number of H-pyrrole nitrogens is 2. The van der Waals surface area contributed by atoms with Gasteiger partial charge in [-0.25, -0.2) is 4.98 Å². The highest BCUT2D eigenvalue weighted by Gasteiger charge is 2.23. The second-order valence-electron chi connectivity index (χ2n) is 4.95. The van der Waals surface area contributed by atoms with Gasteiger partial charge in [0.25, 0.3) is 5.91 Å². The van der Waals surface area contributed by atoms with Crippen LogP contribution in [0.25, 0.3) is 0 Å². The molecule has 0 bridgehead atoms. The van der Waals surface area contributed by atoms with Crippen LogP contribution in [0, 0.1) is 0 Å². The number of carbonyl (C=O) groups excluding carboxylic acids is 1. The SMILES string of the molecule is Cl.Nc1ncc(C(=O)N2CCN(Cc3ccc[nH]3)CC2)[nH]1. The summed E-state index contributed by atoms with van der Waals surface area (Å²) in [6.07, 6.45) is 3.42. The number of nitrogens with two attached hydrogens (primary N) is 1. The number of imidazole rings is 1. The molecule has 0 aromatic carbocycles. The van der Waals surface area contributed by atoms with E-state index in [9.17, 15) is 4.79 Å². The van der Waals surface area contributed by atoms with E-state index in [4.69, 9.17) is 5.73 Å². The first-order chi connectivity index (χ1) is 9.72. The Labute approximate surface area is 128 Å². The van der Waals surface area contributed by atoms with E-state index in [1.165, 1.54) is 11.9 Å². The van der Waals surface area contributed by atoms with E-state index in [1.807, 2.05) is 17.2 Å². The first-order valence-electron chi connectivity index (χ1n) is 6.67. The van der Waals surface area contributed by atoms with E-state index < -0.39 is 0 Å². The van der Waals surface area contributed by atoms with Crippen LogP contribution < -0.4 is 5.73 Å². The number of rotatable bonds is 3. The van der Waals surface area contributed by atoms with E-state index >= 15 is 0 Å². The Morgan fingerprint density at radius 2 is 2.10 bits per heavy atom. The molecule has 2 aromatic rings. The van der Waals surface area contributed by atoms with Crippen molar-refractivity contribution in [3.63, 3.8) is 0 Å². The molecule has 4 N–H and O–H groups in total. The Bertz CT molecular complexity index is 573. The van der Waals surface area contributed by atoms with E-state index in [1.54, 1.807) is 0 Å². The van der Waals surface area contributed by atoms with Crippen LogP contribution in [-0.2, 0) is 6.54 Å². The van der Waals surface area contributed by atoms with Gasteiger partial charge in [-0.05, 0) is 12.1 Å². The number of nitrogens with one attached hydrogen (secondary N) is 2. The molecule has 8 heteroatoms. The maximum Gasteiger partial charge on any atom is 0.272 e. The Balaban J connectivity index is 0.00000161. The highest BCUT2D eigenvalue weighted by Crippen LogP contribution is 2.10. The zero-order valence-corrected chi connectivity index (χ0v) is 12.4. The number of amides is 1. The van der Waals surface area contributed by atoms with Crippen LogP contribution in [0.1, 0.15) is 16.2 Å². The van der Waals surface area contributed by atoms with Crippen molar-refractivity contribution in [2.45, 2.75) is 6.54 Å². The Morgan fingerprint density at radius 3 is 2.67 bits per heavy atom. The molecule has 0 spiro atoms. The number of anilines is 1. The van der Waals surface area contributed by atoms with Gasteiger partial charge in [0.1, 0.15) is 5.69 Å². The van der Waals surface area contributed by atoms with Gasteiger partial charge in [-0.2, -0.15) is 0 Å². The summed E-state index contributed by atoms with van der Waals surface area (Å²) in [5.74, 6) is 0.243. The summed E-state index contributed by atoms with van der Waals surface area (Å²) in [5.41, 5.74) is 7.15. The molecule has 0 saturated carbocycles. The molecule has 1 saturated heterocycles. The molecule has 0 atom stereocenters. The number of carbonyl (C=O) groups is 1. The van der Waals surface area contributed by atoms with Crippen molar-refractivity contribution >= 4 is 24.3 Å². The standard InChI is InChI=1S/C13H18N6O.ClH/c14-13-16-8-11(17-13)12(20)19-6-4-18(5-7-19)9-10-2-1-3-15-10;/h1-3,8,15H,4-7,9H2,(H3,14,16,17);1H. The van der Waals surface area contributed by atoms with E-state index in [2.05, 4.69) is 25.9 Å². The molecule has 3 heterocycles. The number of hydrogen-bond donors (Lipinski definition) is 3. The predicted molar refractivity (Wildman–Crippen MR) is 82.2 cm³/mol. The molecule has 0 aliphatic carbocycles. The Morgan fingerprint density at radius 1 is 1.33 bits per heavy atom. The van der Waals surface area contributed by atoms with Crippen LogP contribution >= 0.6 is 12.4 Å². The topological polar surface area (TPSA) is 94.0 Å². The van der Waals surface area contributed by atoms with Gasteiger partial charge in [-0.3, -0.25) is 9.69 Å². The Hall–Kier alpha value is -1.99. The van der Waals surface area contributed by atoms with Crippen LogP contribution in [0.5, 0.6) is 0 Å². The molecule has 1 fully saturated rings. The largest absolute Gasteiger partial charge is 0.369 e. The van der Waals surface area contributed by atoms with Crippen molar-refractivity contribution in [1.29, 1.82) is 0 Å². The van der Waals surface area contributed by atoms with Crippen molar-refractivity contribution in [3.8, 4) is 0 Å². The summed E-state index contributed by atoms with van der Waals surface area (Å²) in [5, 5.41) is 0. The summed E-state index contributed by atoms with van der Waals surface area (Å²) in [6, 6.07) is 4.07. The fraction of sp³-hybridized carbons (Fsp3) is 0.385. The zero-order chi connectivity index (χ0) is 13.9. The van der Waals surface area contributed by atoms with Gasteiger partial charge in [-0.15, -0.1) is 12.4 Å². The summed E-state index contributed by atoms with van der Waals surface area (Å²) in [7, 11) is 0. The minimum absolute atomic E-state index is 0. The van der Waals surface area contributed by atoms with E-state index in [0.29, 0.717) is 5.69 Å². The van der Waals surface area contributed by atoms with Crippen LogP contribution in [0.3, 0.4) is 0 Å². The first-order valence-corrected chi connectivity index (χ1v) is 6.67. The molecular weight excluding hydrogens is 292 g/mol. The highest BCUT2D eigenvalue weighted by atomic mass is 35.5. The molecule has 114 valence electrons. The van der Waals surface area contributed by atoms with Gasteiger partial charge in [0.15, 0.2) is 5.95 Å². The molecular formula is C13H19ClN6O. The number of nitrogen functional groups attached to an aromatic ring is 1. The lowest BCUT2D eigenvalue weighted by Crippen LogP contribution is -2.48. The highest BCUT2D eigenvalue weighted by molar-refractivity contribution is 5.92. The average molecular weight is 311 g/mol. The van der Waals surface area contributed by atoms with E-state index in [-0.39, 0.29) is 24.3 Å². The number of aromatic amines is 2. The number of piperazine rings is 1. The number of halogens is 1. The number of nitrogens with zero attached hydrogens (tertiary/aromatic N) is 3. The lowest BCUT2D eigenvalue weighted by atomic mass is 10.2. The molecule has 0 radical (unpaired) electrons. The fourth-order valence-electron chi connectivity index (χ4n) is 2.43. The number of hydrogen-bond acceptors (Lipinski definition) is 4. The normalized spacial score (nSPS) is 15.7. The maximum atomic E-state index is 12.2. The van der Waals surface area contributed by atoms with Crippen LogP contribution in [-0.4, -0.2) is 56.8 Å². The predicted octanol–water partition coefficient (Wildman–Crippen LogP) is 0.700. The molecule has 3 rings (SSSR count). The third-order valence-electron chi connectivity index (χ3n) is 3.54. The second kappa shape index (κ2) is 6.64. The smallest absolute Gasteiger partial charge is 0.272 e. The minimum atomic E-state index is -0.0336. The first kappa shape index (κ1) is 15.4. The van der Waals surface area contributed by atoms with Crippen molar-refractivity contribution in [2.75, 3.05) is 31.9 Å². The van der Waals surface area contributed by atoms with Crippen molar-refractivity contribution in [2.24, 2.45) is 0 Å². The molecule has 1 amide bonds. The second-order valence-corrected chi connectivity index (χ2v) is 4.95. The lowest BCUT2D eigenvalue weighted by Gasteiger charge is -2.34. The zero-order valence-electron chi connectivity index (χ0n) is 11.6. The van der Waals surface area contributed by atoms with Gasteiger partial charge in [0.2, 0.25) is 0 Å². The van der Waals surface area contributed by atoms with Crippen molar-refractivity contribution in [1.82, 2.24) is 24.8 Å². The van der Waals surface area contributed by atoms with Gasteiger partial charge in [0.05, 0.1) is 6.20 Å². The summed E-state index contributed by atoms with van der Waals surface area (Å²) < 4.78 is 0. The molecule has 21 heavy (non-hydrogen) atoms. The lowest BCUT2D eigenvalue weighted by molar-refractivity contribution is 0.0622. The molecule has 1 aliphatic heterocycles. The number of aromatic nitrogens is 3. The van der Waals surface area contributed by atoms with Gasteiger partial charge < -0.3 is 20.6 Å². The van der Waals surface area contributed by atoms with Crippen LogP contribution in [0.15, 0.2) is 24.5 Å². The quantitative estimate of drug-likeness (QED) is 0.778. The average Bonchev–Trinajstić information content (AvgIpc) is 3.10. The molecule has 2 aromatic heterocycles. The molecule has 0 unspecified atom stereocenters. The molecule has 1 aliphatic rings. The summed E-state index contributed by atoms with van der Waals surface area (Å²) in [6.45, 7) is 4.08. The van der Waals surface area contributed by atoms with Gasteiger partial charge in [-0.1, -0.05) is 0 Å². The minimum Gasteiger partial charge on any atom is -0.369 e. The van der Waals surface area contributed by atoms with Gasteiger partial charge in [0, 0.05) is 44.6 Å². The monoisotopic (exact) mass is 310 g/mol. The van der Waals surface area contributed by atoms with Crippen molar-refractivity contribution in [3.05, 3.63) is 35.9 Å². The van der Waals surface area contributed by atoms with Crippen molar-refractivity contribution < 1.29 is 4.79 Å². The van der Waals surface area contributed by atoms with Crippen LogP contribution in [0.4, 0.5) is 5.95 Å². The van der Waals surface area contributed by atoms with Crippen LogP contribution in [0.2, 0.25) is 0 Å². The maximum absolute atomic E-state index is 12.2. The third-order valence-corrected chi connectivity index (χ3v) is 3.54. The Kier molecular flexibility index (Phi) is 4.87. The van der Waals surface area contributed by atoms with Gasteiger partial charge >= 0.3 is 0 Å². The summed E-state index contributed by atoms with van der Waals surface area (Å²) in [4.78, 5) is 26.2. The summed E-state index contributed by atoms with van der Waals surface area (Å²) >= 11 is 0. The van der Waals surface area contributed by atoms with E-state index in [0.717, 1.165) is 32.7 Å². The molecule has 7 nitrogen and oxygen atoms in total. The fourth-order valence-corrected chi connectivity index (χ4v) is 2.43.